The van der Waals surface area contributed by atoms with Crippen molar-refractivity contribution < 1.29 is 36.5 Å². The van der Waals surface area contributed by atoms with E-state index in [-0.39, 0.29) is 27.6 Å². The highest BCUT2D eigenvalue weighted by atomic mass is 32.3. The molecule has 0 radical (unpaired) electrons. The Balaban J connectivity index is 1.41. The third-order valence-electron chi connectivity index (χ3n) is 9.04. The van der Waals surface area contributed by atoms with Gasteiger partial charge >= 0.3 is 0 Å². The first-order valence-corrected chi connectivity index (χ1v) is 18.2. The second-order valence-corrected chi connectivity index (χ2v) is 16.8. The van der Waals surface area contributed by atoms with Crippen molar-refractivity contribution in [2.24, 2.45) is 0 Å². The van der Waals surface area contributed by atoms with E-state index in [1.54, 1.807) is 66.7 Å². The van der Waals surface area contributed by atoms with Gasteiger partial charge in [0.25, 0.3) is 0 Å². The van der Waals surface area contributed by atoms with Crippen LogP contribution in [0, 0.1) is 11.6 Å². The first-order chi connectivity index (χ1) is 24.5. The number of ketones is 3. The fourth-order valence-electron chi connectivity index (χ4n) is 5.69. The van der Waals surface area contributed by atoms with Crippen LogP contribution < -0.4 is 0 Å². The van der Waals surface area contributed by atoms with Gasteiger partial charge in [0.15, 0.2) is 17.3 Å². The zero-order chi connectivity index (χ0) is 37.4. The Morgan fingerprint density at radius 1 is 0.500 bits per heavy atom. The normalized spacial score (nSPS) is 12.5. The smallest absolute Gasteiger partial charge is 0.193 e. The lowest BCUT2D eigenvalue weighted by Crippen LogP contribution is -2.49. The van der Waals surface area contributed by atoms with Crippen molar-refractivity contribution in [1.82, 2.24) is 0 Å². The number of carbonyl (C=O) groups is 3. The Labute approximate surface area is 299 Å². The molecule has 262 valence electrons. The lowest BCUT2D eigenvalue weighted by molar-refractivity contribution is 0.103. The molecule has 0 saturated heterocycles. The van der Waals surface area contributed by atoms with E-state index in [0.717, 1.165) is 0 Å². The minimum absolute atomic E-state index is 0.0606. The lowest BCUT2D eigenvalue weighted by atomic mass is 9.89. The summed E-state index contributed by atoms with van der Waals surface area (Å²) < 4.78 is 60.9. The first-order valence-electron chi connectivity index (χ1n) is 16.3. The Kier molecular flexibility index (Phi) is 9.31. The average Bonchev–Trinajstić information content (AvgIpc) is 3.14. The molecule has 0 aliphatic heterocycles. The molecule has 0 aliphatic rings. The van der Waals surface area contributed by atoms with E-state index >= 15 is 0 Å². The van der Waals surface area contributed by atoms with E-state index in [4.69, 9.17) is 0 Å². The molecule has 0 aliphatic carbocycles. The average molecular weight is 717 g/mol. The van der Waals surface area contributed by atoms with E-state index in [1.807, 2.05) is 0 Å². The summed E-state index contributed by atoms with van der Waals surface area (Å²) in [6.45, 7) is 4.29. The van der Waals surface area contributed by atoms with E-state index in [9.17, 15) is 36.5 Å². The monoisotopic (exact) mass is 716 g/mol. The number of benzene rings is 6. The molecule has 0 bridgehead atoms. The van der Waals surface area contributed by atoms with Crippen LogP contribution >= 0.6 is 0 Å². The fourth-order valence-corrected chi connectivity index (χ4v) is 7.06. The van der Waals surface area contributed by atoms with Crippen molar-refractivity contribution in [1.29, 1.82) is 0 Å². The van der Waals surface area contributed by atoms with Gasteiger partial charge in [0, 0.05) is 33.4 Å². The van der Waals surface area contributed by atoms with Crippen molar-refractivity contribution in [3.8, 4) is 22.3 Å². The summed E-state index contributed by atoms with van der Waals surface area (Å²) in [6.07, 6.45) is 0. The molecule has 6 rings (SSSR count). The molecule has 0 fully saturated rings. The van der Waals surface area contributed by atoms with Crippen molar-refractivity contribution in [3.05, 3.63) is 185 Å². The second kappa shape index (κ2) is 13.4. The highest BCUT2D eigenvalue weighted by molar-refractivity contribution is 8.11. The van der Waals surface area contributed by atoms with Crippen LogP contribution in [0.1, 0.15) is 68.5 Å². The van der Waals surface area contributed by atoms with Crippen LogP contribution in [0.3, 0.4) is 0 Å². The summed E-state index contributed by atoms with van der Waals surface area (Å²) in [4.78, 5) is 40.1. The van der Waals surface area contributed by atoms with Gasteiger partial charge in [-0.3, -0.25) is 14.4 Å². The minimum Gasteiger partial charge on any atom is -0.304 e. The summed E-state index contributed by atoms with van der Waals surface area (Å²) in [7, 11) is -5.39. The molecule has 0 saturated carbocycles. The van der Waals surface area contributed by atoms with Gasteiger partial charge in [-0.05, 0) is 110 Å². The van der Waals surface area contributed by atoms with Crippen LogP contribution in [0.5, 0.6) is 0 Å². The summed E-state index contributed by atoms with van der Waals surface area (Å²) in [5.74, 6) is -1.98. The Bertz CT molecular complexity index is 2400. The maximum Gasteiger partial charge on any atom is 0.193 e. The molecule has 0 unspecified atom stereocenters. The van der Waals surface area contributed by atoms with E-state index in [2.05, 4.69) is 0 Å². The topological polar surface area (TPSA) is 109 Å². The van der Waals surface area contributed by atoms with Crippen molar-refractivity contribution >= 4 is 27.0 Å². The van der Waals surface area contributed by atoms with Crippen LogP contribution in [0.25, 0.3) is 22.3 Å². The summed E-state index contributed by atoms with van der Waals surface area (Å²) >= 11 is 0. The summed E-state index contributed by atoms with van der Waals surface area (Å²) in [5, 5.41) is 0. The van der Waals surface area contributed by atoms with Gasteiger partial charge in [-0.2, -0.15) is 0 Å². The first kappa shape index (κ1) is 36.1. The van der Waals surface area contributed by atoms with Crippen molar-refractivity contribution in [2.45, 2.75) is 30.4 Å². The Morgan fingerprint density at radius 3 is 1.38 bits per heavy atom. The number of hydrogen-bond acceptors (Lipinski definition) is 4. The maximum atomic E-state index is 14.4. The molecule has 6 aromatic carbocycles. The molecule has 0 amide bonds. The van der Waals surface area contributed by atoms with Gasteiger partial charge in [0.1, 0.15) is 21.3 Å². The molecule has 6 nitrogen and oxygen atoms in total. The van der Waals surface area contributed by atoms with Crippen molar-refractivity contribution in [3.63, 3.8) is 0 Å². The maximum absolute atomic E-state index is 14.4. The molecule has 9 heteroatoms. The highest BCUT2D eigenvalue weighted by Crippen LogP contribution is 2.42. The van der Waals surface area contributed by atoms with Gasteiger partial charge in [-0.25, -0.2) is 13.0 Å². The molecule has 52 heavy (non-hydrogen) atoms. The van der Waals surface area contributed by atoms with E-state index < -0.39 is 31.8 Å². The van der Waals surface area contributed by atoms with Gasteiger partial charge < -0.3 is 9.11 Å². The van der Waals surface area contributed by atoms with Crippen LogP contribution in [0.15, 0.2) is 144 Å². The van der Waals surface area contributed by atoms with Crippen LogP contribution in [-0.4, -0.2) is 35.4 Å². The van der Waals surface area contributed by atoms with E-state index in [0.29, 0.717) is 44.5 Å². The highest BCUT2D eigenvalue weighted by Gasteiger charge is 2.46. The predicted molar refractivity (Wildman–Crippen MR) is 198 cm³/mol. The van der Waals surface area contributed by atoms with Crippen molar-refractivity contribution in [2.75, 3.05) is 0 Å². The number of carbonyl (C=O) groups excluding carboxylic acids is 3. The SMILES string of the molecule is CC(C)(C)S(=O)(O)(O)c1cccc(C(=O)c2cc(-c3ccc(C(=O)c4ccc(F)cc4)cc3)ccc2-c2ccc(C(=O)c3ccc(F)cc3)cc2)c1. The molecule has 0 aromatic heterocycles. The molecule has 2 N–H and O–H groups in total. The molecule has 0 spiro atoms. The third-order valence-corrected chi connectivity index (χ3v) is 12.4. The molecule has 6 aromatic rings. The summed E-state index contributed by atoms with van der Waals surface area (Å²) in [5.41, 5.74) is 4.12. The van der Waals surface area contributed by atoms with Crippen LogP contribution in [-0.2, 0) is 9.63 Å². The van der Waals surface area contributed by atoms with Gasteiger partial charge in [0.05, 0.1) is 9.64 Å². The standard InChI is InChI=1S/C43H34F2O6S/c1-43(2,3)52(49,50,51)37-6-4-5-34(25-37)42(48)39-26-33(27-7-11-29(12-8-27)40(46)31-15-20-35(44)21-16-31)19-24-38(39)28-9-13-30(14-10-28)41(47)32-17-22-36(45)23-18-32/h4-26H,1-3H3,(H2,49,50,51). The third kappa shape index (κ3) is 6.94. The van der Waals surface area contributed by atoms with Gasteiger partial charge in [0.2, 0.25) is 0 Å². The van der Waals surface area contributed by atoms with Crippen LogP contribution in [0.4, 0.5) is 8.78 Å². The molecular formula is C43H34F2O6S. The largest absolute Gasteiger partial charge is 0.304 e. The summed E-state index contributed by atoms with van der Waals surface area (Å²) in [6, 6.07) is 34.6. The van der Waals surface area contributed by atoms with Crippen LogP contribution in [0.2, 0.25) is 0 Å². The number of hydrogen-bond donors (Lipinski definition) is 2. The Hall–Kier alpha value is -5.74. The molecule has 0 atom stereocenters. The minimum atomic E-state index is -5.39. The van der Waals surface area contributed by atoms with Gasteiger partial charge in [-0.15, -0.1) is 0 Å². The molecule has 0 heterocycles. The number of rotatable bonds is 9. The van der Waals surface area contributed by atoms with Gasteiger partial charge in [-0.1, -0.05) is 72.8 Å². The predicted octanol–water partition coefficient (Wildman–Crippen LogP) is 9.92. The zero-order valence-corrected chi connectivity index (χ0v) is 29.3. The van der Waals surface area contributed by atoms with E-state index in [1.165, 1.54) is 93.6 Å². The second-order valence-electron chi connectivity index (χ2n) is 13.4. The lowest BCUT2D eigenvalue weighted by Gasteiger charge is -2.42. The fraction of sp³-hybridized carbons (Fsp3) is 0.0930. The zero-order valence-electron chi connectivity index (χ0n) is 28.5. The molecular weight excluding hydrogens is 683 g/mol. The quantitative estimate of drug-likeness (QED) is 0.144. The Morgan fingerprint density at radius 2 is 0.923 bits per heavy atom. The number of halogens is 2.